The molecule has 0 aromatic heterocycles. The highest BCUT2D eigenvalue weighted by molar-refractivity contribution is 5.98. The lowest BCUT2D eigenvalue weighted by Gasteiger charge is -2.45. The topological polar surface area (TPSA) is 154 Å². The minimum atomic E-state index is -4.64. The summed E-state index contributed by atoms with van der Waals surface area (Å²) in [6.07, 6.45) is -4.70. The highest BCUT2D eigenvalue weighted by Crippen LogP contribution is 2.34. The number of carboxylic acids is 1. The number of aldehydes is 1. The maximum Gasteiger partial charge on any atom is 0.446 e. The molecule has 4 N–H and O–H groups in total. The van der Waals surface area contributed by atoms with Crippen molar-refractivity contribution >= 4 is 30.1 Å². The summed E-state index contributed by atoms with van der Waals surface area (Å²) in [5.41, 5.74) is 5.87. The van der Waals surface area contributed by atoms with E-state index in [1.165, 1.54) is 4.90 Å². The van der Waals surface area contributed by atoms with Crippen LogP contribution >= 0.6 is 0 Å². The van der Waals surface area contributed by atoms with E-state index in [-0.39, 0.29) is 18.3 Å². The molecule has 10 nitrogen and oxygen atoms in total. The molecule has 1 aromatic carbocycles. The first-order chi connectivity index (χ1) is 15.4. The minimum Gasteiger partial charge on any atom is -0.480 e. The SMILES string of the molecule is N=C(N)c1ccc(C(=O)N2CCC3(CCN(CC(=O)O)C(=O)O3)CC2)cc1.O=CC(F)(F)F. The number of carboxylic acid groups (broad SMARTS) is 1. The maximum absolute atomic E-state index is 12.6. The van der Waals surface area contributed by atoms with Crippen molar-refractivity contribution in [1.82, 2.24) is 9.80 Å². The first-order valence-corrected chi connectivity index (χ1v) is 9.82. The number of halogens is 3. The van der Waals surface area contributed by atoms with Crippen LogP contribution in [0.1, 0.15) is 35.2 Å². The van der Waals surface area contributed by atoms with Crippen molar-refractivity contribution in [3.8, 4) is 0 Å². The lowest BCUT2D eigenvalue weighted by molar-refractivity contribution is -0.156. The molecule has 2 aliphatic rings. The van der Waals surface area contributed by atoms with Gasteiger partial charge in [-0.2, -0.15) is 13.2 Å². The highest BCUT2D eigenvalue weighted by atomic mass is 19.4. The molecule has 2 fully saturated rings. The summed E-state index contributed by atoms with van der Waals surface area (Å²) in [7, 11) is 0. The molecule has 2 aliphatic heterocycles. The van der Waals surface area contributed by atoms with Gasteiger partial charge in [0.15, 0.2) is 0 Å². The smallest absolute Gasteiger partial charge is 0.446 e. The number of nitrogens with two attached hydrogens (primary N) is 1. The zero-order valence-corrected chi connectivity index (χ0v) is 17.4. The number of amides is 2. The van der Waals surface area contributed by atoms with Gasteiger partial charge in [0.2, 0.25) is 6.29 Å². The molecule has 2 heterocycles. The second-order valence-electron chi connectivity index (χ2n) is 7.56. The molecule has 33 heavy (non-hydrogen) atoms. The van der Waals surface area contributed by atoms with Crippen molar-refractivity contribution < 1.29 is 42.2 Å². The van der Waals surface area contributed by atoms with E-state index in [0.717, 1.165) is 0 Å². The van der Waals surface area contributed by atoms with E-state index in [0.29, 0.717) is 50.0 Å². The van der Waals surface area contributed by atoms with Crippen molar-refractivity contribution in [2.75, 3.05) is 26.2 Å². The van der Waals surface area contributed by atoms with Gasteiger partial charge in [-0.3, -0.25) is 24.7 Å². The van der Waals surface area contributed by atoms with Crippen LogP contribution < -0.4 is 5.73 Å². The van der Waals surface area contributed by atoms with Gasteiger partial charge in [0.25, 0.3) is 5.91 Å². The number of piperidine rings is 1. The molecule has 0 radical (unpaired) electrons. The molecule has 2 amide bonds. The van der Waals surface area contributed by atoms with Gasteiger partial charge in [0.05, 0.1) is 0 Å². The number of nitrogens with one attached hydrogen (secondary N) is 1. The Hall–Kier alpha value is -3.64. The van der Waals surface area contributed by atoms with Gasteiger partial charge in [0.1, 0.15) is 18.0 Å². The summed E-state index contributed by atoms with van der Waals surface area (Å²) in [4.78, 5) is 47.1. The van der Waals surface area contributed by atoms with Gasteiger partial charge >= 0.3 is 18.2 Å². The molecular formula is C20H23F3N4O6. The molecule has 0 saturated carbocycles. The van der Waals surface area contributed by atoms with Gasteiger partial charge in [-0.05, 0) is 12.1 Å². The predicted molar refractivity (Wildman–Crippen MR) is 108 cm³/mol. The Bertz CT molecular complexity index is 911. The number of alkyl halides is 3. The lowest BCUT2D eigenvalue weighted by atomic mass is 9.86. The second kappa shape index (κ2) is 10.3. The van der Waals surface area contributed by atoms with E-state index >= 15 is 0 Å². The van der Waals surface area contributed by atoms with Gasteiger partial charge < -0.3 is 20.5 Å². The van der Waals surface area contributed by atoms with Crippen LogP contribution in [-0.2, 0) is 14.3 Å². The van der Waals surface area contributed by atoms with Crippen LogP contribution in [-0.4, -0.2) is 83.0 Å². The standard InChI is InChI=1S/C18H22N4O5.C2HF3O/c19-15(20)12-1-3-13(4-2-12)16(25)21-8-5-18(6-9-21)7-10-22(11-14(23)24)17(26)27-18;3-2(4,5)1-6/h1-4H,5-11H2,(H3,19,20)(H,23,24);1H. The van der Waals surface area contributed by atoms with Crippen molar-refractivity contribution in [2.45, 2.75) is 31.0 Å². The monoisotopic (exact) mass is 472 g/mol. The molecule has 0 unspecified atom stereocenters. The quantitative estimate of drug-likeness (QED) is 0.342. The Morgan fingerprint density at radius 1 is 1.12 bits per heavy atom. The average molecular weight is 472 g/mol. The Balaban J connectivity index is 0.000000569. The van der Waals surface area contributed by atoms with E-state index in [1.54, 1.807) is 29.2 Å². The van der Waals surface area contributed by atoms with Crippen LogP contribution in [0.4, 0.5) is 18.0 Å². The number of carbonyl (C=O) groups is 4. The normalized spacial score (nSPS) is 17.5. The van der Waals surface area contributed by atoms with Gasteiger partial charge in [0, 0.05) is 50.0 Å². The zero-order chi connectivity index (χ0) is 24.8. The number of carbonyl (C=O) groups excluding carboxylic acids is 3. The lowest BCUT2D eigenvalue weighted by Crippen LogP contribution is -2.56. The summed E-state index contributed by atoms with van der Waals surface area (Å²) < 4.78 is 36.8. The van der Waals surface area contributed by atoms with E-state index in [4.69, 9.17) is 25.8 Å². The van der Waals surface area contributed by atoms with Crippen molar-refractivity contribution in [3.63, 3.8) is 0 Å². The number of nitrogen functional groups attached to an aromatic ring is 1. The van der Waals surface area contributed by atoms with Gasteiger partial charge in [-0.15, -0.1) is 0 Å². The van der Waals surface area contributed by atoms with E-state index in [2.05, 4.69) is 0 Å². The van der Waals surface area contributed by atoms with E-state index < -0.39 is 30.1 Å². The van der Waals surface area contributed by atoms with Crippen LogP contribution in [0.2, 0.25) is 0 Å². The number of rotatable bonds is 4. The molecule has 3 rings (SSSR count). The average Bonchev–Trinajstić information content (AvgIpc) is 2.76. The fraction of sp³-hybridized carbons (Fsp3) is 0.450. The fourth-order valence-electron chi connectivity index (χ4n) is 3.48. The number of aliphatic carboxylic acids is 1. The number of benzene rings is 1. The molecule has 13 heteroatoms. The van der Waals surface area contributed by atoms with Crippen LogP contribution in [0, 0.1) is 5.41 Å². The zero-order valence-electron chi connectivity index (χ0n) is 17.4. The molecular weight excluding hydrogens is 449 g/mol. The Labute approximate surface area is 186 Å². The molecule has 2 saturated heterocycles. The first-order valence-electron chi connectivity index (χ1n) is 9.82. The van der Waals surface area contributed by atoms with E-state index in [9.17, 15) is 27.6 Å². The van der Waals surface area contributed by atoms with Crippen LogP contribution in [0.3, 0.4) is 0 Å². The minimum absolute atomic E-state index is 0.0510. The highest BCUT2D eigenvalue weighted by Gasteiger charge is 2.44. The summed E-state index contributed by atoms with van der Waals surface area (Å²) in [6.45, 7) is 0.889. The Kier molecular flexibility index (Phi) is 8.01. The maximum atomic E-state index is 12.6. The summed E-state index contributed by atoms with van der Waals surface area (Å²) in [6, 6.07) is 6.57. The largest absolute Gasteiger partial charge is 0.480 e. The van der Waals surface area contributed by atoms with Crippen molar-refractivity contribution in [3.05, 3.63) is 35.4 Å². The molecule has 0 bridgehead atoms. The van der Waals surface area contributed by atoms with Gasteiger partial charge in [-0.1, -0.05) is 12.1 Å². The number of ether oxygens (including phenoxy) is 1. The summed E-state index contributed by atoms with van der Waals surface area (Å²) in [5.74, 6) is -1.24. The van der Waals surface area contributed by atoms with Crippen LogP contribution in [0.5, 0.6) is 0 Å². The second-order valence-corrected chi connectivity index (χ2v) is 7.56. The van der Waals surface area contributed by atoms with Crippen LogP contribution in [0.15, 0.2) is 24.3 Å². The summed E-state index contributed by atoms with van der Waals surface area (Å²) >= 11 is 0. The van der Waals surface area contributed by atoms with Crippen LogP contribution in [0.25, 0.3) is 0 Å². The molecule has 180 valence electrons. The predicted octanol–water partition coefficient (Wildman–Crippen LogP) is 1.62. The molecule has 1 spiro atoms. The van der Waals surface area contributed by atoms with Gasteiger partial charge in [-0.25, -0.2) is 4.79 Å². The molecule has 0 atom stereocenters. The third-order valence-electron chi connectivity index (χ3n) is 5.26. The number of amidine groups is 1. The number of hydrogen-bond acceptors (Lipinski definition) is 6. The number of hydrogen-bond donors (Lipinski definition) is 3. The van der Waals surface area contributed by atoms with Crippen molar-refractivity contribution in [1.29, 1.82) is 5.41 Å². The number of likely N-dealkylation sites (tertiary alicyclic amines) is 1. The van der Waals surface area contributed by atoms with Crippen molar-refractivity contribution in [2.24, 2.45) is 5.73 Å². The fourth-order valence-corrected chi connectivity index (χ4v) is 3.48. The third kappa shape index (κ3) is 7.19. The molecule has 0 aliphatic carbocycles. The molecule has 1 aromatic rings. The summed E-state index contributed by atoms with van der Waals surface area (Å²) in [5, 5.41) is 16.2. The Morgan fingerprint density at radius 3 is 2.03 bits per heavy atom. The Morgan fingerprint density at radius 2 is 1.61 bits per heavy atom. The third-order valence-corrected chi connectivity index (χ3v) is 5.26. The first kappa shape index (κ1) is 25.6. The number of nitrogens with zero attached hydrogens (tertiary/aromatic N) is 2. The van der Waals surface area contributed by atoms with E-state index in [1.807, 2.05) is 0 Å².